The zero-order valence-corrected chi connectivity index (χ0v) is 15.4. The summed E-state index contributed by atoms with van der Waals surface area (Å²) in [4.78, 5) is 17.3. The molecule has 0 saturated carbocycles. The first-order chi connectivity index (χ1) is 12.1. The van der Waals surface area contributed by atoms with Crippen molar-refractivity contribution in [3.8, 4) is 0 Å². The molecule has 1 N–H and O–H groups in total. The van der Waals surface area contributed by atoms with E-state index in [0.29, 0.717) is 12.6 Å². The summed E-state index contributed by atoms with van der Waals surface area (Å²) in [6, 6.07) is 4.95. The van der Waals surface area contributed by atoms with E-state index in [0.717, 1.165) is 61.1 Å². The number of rotatable bonds is 2. The lowest BCUT2D eigenvalue weighted by atomic mass is 9.96. The van der Waals surface area contributed by atoms with Crippen LogP contribution < -0.4 is 15.8 Å². The highest BCUT2D eigenvalue weighted by Gasteiger charge is 2.26. The largest absolute Gasteiger partial charge is 0.422 e. The number of benzene rings is 1. The molecule has 3 heterocycles. The molecule has 1 saturated heterocycles. The first kappa shape index (κ1) is 16.6. The Morgan fingerprint density at radius 2 is 2.12 bits per heavy atom. The lowest BCUT2D eigenvalue weighted by Gasteiger charge is -2.41. The molecule has 2 aromatic rings. The van der Waals surface area contributed by atoms with Crippen molar-refractivity contribution in [1.82, 2.24) is 10.2 Å². The van der Waals surface area contributed by atoms with Gasteiger partial charge in [-0.3, -0.25) is 4.90 Å². The number of nitrogens with one attached hydrogen (secondary N) is 1. The summed E-state index contributed by atoms with van der Waals surface area (Å²) >= 11 is 0. The van der Waals surface area contributed by atoms with Gasteiger partial charge in [0.2, 0.25) is 0 Å². The fraction of sp³-hybridized carbons (Fsp3) is 0.550. The summed E-state index contributed by atoms with van der Waals surface area (Å²) in [5.74, 6) is 0. The zero-order chi connectivity index (χ0) is 17.6. The number of anilines is 1. The Bertz CT molecular complexity index is 858. The number of nitrogens with zero attached hydrogens (tertiary/aromatic N) is 2. The van der Waals surface area contributed by atoms with Gasteiger partial charge in [-0.25, -0.2) is 4.79 Å². The molecule has 0 spiro atoms. The van der Waals surface area contributed by atoms with E-state index < -0.39 is 0 Å². The van der Waals surface area contributed by atoms with E-state index in [1.807, 2.05) is 0 Å². The summed E-state index contributed by atoms with van der Waals surface area (Å²) in [5, 5.41) is 4.38. The number of aryl methyl sites for hydroxylation is 1. The Morgan fingerprint density at radius 1 is 1.28 bits per heavy atom. The van der Waals surface area contributed by atoms with Gasteiger partial charge in [0.05, 0.1) is 5.56 Å². The van der Waals surface area contributed by atoms with Gasteiger partial charge in [-0.1, -0.05) is 6.92 Å². The maximum atomic E-state index is 12.4. The number of likely N-dealkylation sites (N-methyl/N-ethyl adjacent to an activating group) is 1. The third-order valence-electron chi connectivity index (χ3n) is 5.95. The van der Waals surface area contributed by atoms with Crippen molar-refractivity contribution in [1.29, 1.82) is 0 Å². The lowest BCUT2D eigenvalue weighted by Crippen LogP contribution is -2.51. The fourth-order valence-electron chi connectivity index (χ4n) is 4.33. The molecule has 2 aliphatic rings. The second-order valence-electron chi connectivity index (χ2n) is 7.35. The first-order valence-corrected chi connectivity index (χ1v) is 9.34. The van der Waals surface area contributed by atoms with Crippen molar-refractivity contribution >= 4 is 16.7 Å². The maximum Gasteiger partial charge on any atom is 0.341 e. The SMILES string of the molecule is CC[C@H]1CN(c2ccc3c4c(c(=O)oc3c2C)CNCC4)CCN1C. The molecule has 0 radical (unpaired) electrons. The van der Waals surface area contributed by atoms with Crippen molar-refractivity contribution in [2.45, 2.75) is 39.3 Å². The van der Waals surface area contributed by atoms with Gasteiger partial charge in [0, 0.05) is 48.9 Å². The van der Waals surface area contributed by atoms with E-state index in [1.54, 1.807) is 0 Å². The molecule has 5 nitrogen and oxygen atoms in total. The standard InChI is InChI=1S/C20H27N3O2/c1-4-14-12-23(10-9-22(14)3)18-6-5-16-15-7-8-21-11-17(15)20(24)25-19(16)13(18)2/h5-6,14,21H,4,7-12H2,1-3H3/t14-/m0/s1. The Kier molecular flexibility index (Phi) is 4.29. The Morgan fingerprint density at radius 3 is 2.92 bits per heavy atom. The van der Waals surface area contributed by atoms with Crippen molar-refractivity contribution < 1.29 is 4.42 Å². The molecule has 25 heavy (non-hydrogen) atoms. The van der Waals surface area contributed by atoms with Crippen LogP contribution in [-0.2, 0) is 13.0 Å². The fourth-order valence-corrected chi connectivity index (χ4v) is 4.33. The van der Waals surface area contributed by atoms with Crippen LogP contribution in [0.2, 0.25) is 0 Å². The van der Waals surface area contributed by atoms with Gasteiger partial charge in [0.15, 0.2) is 0 Å². The average molecular weight is 341 g/mol. The normalized spacial score (nSPS) is 21.6. The monoisotopic (exact) mass is 341 g/mol. The number of hydrogen-bond acceptors (Lipinski definition) is 5. The smallest absolute Gasteiger partial charge is 0.341 e. The summed E-state index contributed by atoms with van der Waals surface area (Å²) in [6.07, 6.45) is 2.04. The molecule has 1 atom stereocenters. The molecule has 1 aromatic heterocycles. The van der Waals surface area contributed by atoms with Crippen LogP contribution in [-0.4, -0.2) is 44.2 Å². The summed E-state index contributed by atoms with van der Waals surface area (Å²) in [6.45, 7) is 8.98. The third-order valence-corrected chi connectivity index (χ3v) is 5.95. The molecule has 2 aliphatic heterocycles. The number of hydrogen-bond donors (Lipinski definition) is 1. The predicted molar refractivity (Wildman–Crippen MR) is 102 cm³/mol. The second-order valence-corrected chi connectivity index (χ2v) is 7.35. The molecule has 5 heteroatoms. The zero-order valence-electron chi connectivity index (χ0n) is 15.4. The second kappa shape index (κ2) is 6.46. The van der Waals surface area contributed by atoms with Gasteiger partial charge in [0.1, 0.15) is 5.58 Å². The molecule has 0 amide bonds. The molecular weight excluding hydrogens is 314 g/mol. The van der Waals surface area contributed by atoms with E-state index in [9.17, 15) is 4.79 Å². The van der Waals surface area contributed by atoms with E-state index in [-0.39, 0.29) is 5.63 Å². The van der Waals surface area contributed by atoms with Gasteiger partial charge in [-0.15, -0.1) is 0 Å². The Balaban J connectivity index is 1.80. The summed E-state index contributed by atoms with van der Waals surface area (Å²) in [5.41, 5.74) is 4.86. The van der Waals surface area contributed by atoms with Crippen LogP contribution in [0.15, 0.2) is 21.3 Å². The van der Waals surface area contributed by atoms with Crippen molar-refractivity contribution in [2.24, 2.45) is 0 Å². The minimum absolute atomic E-state index is 0.181. The van der Waals surface area contributed by atoms with Gasteiger partial charge in [0.25, 0.3) is 0 Å². The summed E-state index contributed by atoms with van der Waals surface area (Å²) in [7, 11) is 2.21. The molecule has 1 fully saturated rings. The quantitative estimate of drug-likeness (QED) is 0.849. The van der Waals surface area contributed by atoms with Gasteiger partial charge >= 0.3 is 5.63 Å². The number of fused-ring (bicyclic) bond motifs is 3. The molecule has 4 rings (SSSR count). The highest BCUT2D eigenvalue weighted by Crippen LogP contribution is 2.32. The molecule has 134 valence electrons. The van der Waals surface area contributed by atoms with E-state index in [4.69, 9.17) is 4.42 Å². The van der Waals surface area contributed by atoms with Crippen LogP contribution in [0.5, 0.6) is 0 Å². The van der Waals surface area contributed by atoms with Crippen LogP contribution in [0.3, 0.4) is 0 Å². The summed E-state index contributed by atoms with van der Waals surface area (Å²) < 4.78 is 5.76. The van der Waals surface area contributed by atoms with E-state index in [1.165, 1.54) is 11.3 Å². The van der Waals surface area contributed by atoms with Gasteiger partial charge in [-0.2, -0.15) is 0 Å². The average Bonchev–Trinajstić information content (AvgIpc) is 2.64. The Hall–Kier alpha value is -1.85. The van der Waals surface area contributed by atoms with E-state index >= 15 is 0 Å². The van der Waals surface area contributed by atoms with Crippen LogP contribution in [0.25, 0.3) is 11.0 Å². The molecule has 1 aromatic carbocycles. The molecular formula is C20H27N3O2. The molecule has 0 unspecified atom stereocenters. The van der Waals surface area contributed by atoms with Crippen LogP contribution in [0.4, 0.5) is 5.69 Å². The predicted octanol–water partition coefficient (Wildman–Crippen LogP) is 2.28. The lowest BCUT2D eigenvalue weighted by molar-refractivity contribution is 0.213. The van der Waals surface area contributed by atoms with Gasteiger partial charge < -0.3 is 14.6 Å². The topological polar surface area (TPSA) is 48.7 Å². The first-order valence-electron chi connectivity index (χ1n) is 9.34. The highest BCUT2D eigenvalue weighted by molar-refractivity contribution is 5.88. The minimum Gasteiger partial charge on any atom is -0.422 e. The molecule has 0 bridgehead atoms. The highest BCUT2D eigenvalue weighted by atomic mass is 16.4. The third kappa shape index (κ3) is 2.75. The van der Waals surface area contributed by atoms with Crippen LogP contribution >= 0.6 is 0 Å². The van der Waals surface area contributed by atoms with Crippen LogP contribution in [0, 0.1) is 6.92 Å². The van der Waals surface area contributed by atoms with Crippen LogP contribution in [0.1, 0.15) is 30.0 Å². The maximum absolute atomic E-state index is 12.4. The molecule has 0 aliphatic carbocycles. The number of piperazine rings is 1. The van der Waals surface area contributed by atoms with Crippen molar-refractivity contribution in [3.63, 3.8) is 0 Å². The van der Waals surface area contributed by atoms with Gasteiger partial charge in [-0.05, 0) is 51.1 Å². The van der Waals surface area contributed by atoms with E-state index in [2.05, 4.69) is 48.1 Å². The van der Waals surface area contributed by atoms with Crippen molar-refractivity contribution in [3.05, 3.63) is 39.2 Å². The van der Waals surface area contributed by atoms with Crippen molar-refractivity contribution in [2.75, 3.05) is 38.1 Å². The minimum atomic E-state index is -0.181. The Labute approximate surface area is 148 Å².